The van der Waals surface area contributed by atoms with Gasteiger partial charge >= 0.3 is 0 Å². The minimum absolute atomic E-state index is 0.00800. The van der Waals surface area contributed by atoms with Crippen LogP contribution in [0.4, 0.5) is 4.39 Å². The molecular formula is C9H11ClFO2P. The predicted molar refractivity (Wildman–Crippen MR) is 56.6 cm³/mol. The summed E-state index contributed by atoms with van der Waals surface area (Å²) in [4.78, 5) is 0. The summed E-state index contributed by atoms with van der Waals surface area (Å²) in [6, 6.07) is 4.37. The molecule has 0 heterocycles. The molecule has 0 saturated heterocycles. The third-order valence-electron chi connectivity index (χ3n) is 1.87. The van der Waals surface area contributed by atoms with Crippen molar-refractivity contribution in [3.05, 3.63) is 34.6 Å². The van der Waals surface area contributed by atoms with E-state index in [1.807, 2.05) is 0 Å². The van der Waals surface area contributed by atoms with Gasteiger partial charge in [0.05, 0.1) is 11.1 Å². The van der Waals surface area contributed by atoms with Crippen LogP contribution in [0.15, 0.2) is 18.2 Å². The first-order chi connectivity index (χ1) is 6.69. The third-order valence-corrected chi connectivity index (χ3v) is 2.49. The van der Waals surface area contributed by atoms with E-state index < -0.39 is 5.82 Å². The normalized spacial score (nSPS) is 12.9. The second-order valence-corrected chi connectivity index (χ2v) is 3.49. The zero-order valence-corrected chi connectivity index (χ0v) is 9.32. The number of benzene rings is 1. The van der Waals surface area contributed by atoms with Crippen LogP contribution in [0.2, 0.25) is 5.02 Å². The maximum atomic E-state index is 12.8. The Morgan fingerprint density at radius 3 is 2.79 bits per heavy atom. The van der Waals surface area contributed by atoms with Crippen LogP contribution >= 0.6 is 21.1 Å². The Hall–Kier alpha value is -0.210. The van der Waals surface area contributed by atoms with Crippen molar-refractivity contribution < 1.29 is 14.0 Å². The number of halogens is 2. The maximum Gasteiger partial charge on any atom is 0.141 e. The molecule has 0 aliphatic carbocycles. The van der Waals surface area contributed by atoms with E-state index in [2.05, 4.69) is 9.47 Å². The molecule has 5 heteroatoms. The van der Waals surface area contributed by atoms with Gasteiger partial charge in [-0.15, -0.1) is 0 Å². The number of aliphatic hydroxyl groups is 1. The first-order valence-electron chi connectivity index (χ1n) is 4.10. The first kappa shape index (κ1) is 11.9. The van der Waals surface area contributed by atoms with Gasteiger partial charge in [0, 0.05) is 22.5 Å². The lowest BCUT2D eigenvalue weighted by Crippen LogP contribution is -2.01. The van der Waals surface area contributed by atoms with Gasteiger partial charge in [-0.25, -0.2) is 4.39 Å². The molecule has 14 heavy (non-hydrogen) atoms. The van der Waals surface area contributed by atoms with Gasteiger partial charge in [0.2, 0.25) is 0 Å². The Labute approximate surface area is 89.3 Å². The van der Waals surface area contributed by atoms with E-state index in [-0.39, 0.29) is 17.7 Å². The van der Waals surface area contributed by atoms with Gasteiger partial charge in [0.1, 0.15) is 5.82 Å². The zero-order valence-electron chi connectivity index (χ0n) is 7.41. The fourth-order valence-electron chi connectivity index (χ4n) is 1.14. The Kier molecular flexibility index (Phi) is 4.76. The topological polar surface area (TPSA) is 29.5 Å². The van der Waals surface area contributed by atoms with Crippen molar-refractivity contribution in [1.82, 2.24) is 0 Å². The summed E-state index contributed by atoms with van der Waals surface area (Å²) in [5, 5.41) is 8.82. The van der Waals surface area contributed by atoms with Gasteiger partial charge in [-0.05, 0) is 17.7 Å². The van der Waals surface area contributed by atoms with Gasteiger partial charge in [0.15, 0.2) is 0 Å². The van der Waals surface area contributed by atoms with Crippen LogP contribution < -0.4 is 0 Å². The second kappa shape index (κ2) is 5.62. The fourth-order valence-corrected chi connectivity index (χ4v) is 1.63. The smallest absolute Gasteiger partial charge is 0.141 e. The number of aliphatic hydroxyl groups excluding tert-OH is 1. The molecule has 0 radical (unpaired) electrons. The largest absolute Gasteiger partial charge is 0.396 e. The summed E-state index contributed by atoms with van der Waals surface area (Å²) in [5.74, 6) is -0.457. The highest BCUT2D eigenvalue weighted by Gasteiger charge is 2.11. The number of hydrogen-bond donors (Lipinski definition) is 1. The van der Waals surface area contributed by atoms with Gasteiger partial charge in [-0.3, -0.25) is 0 Å². The standard InChI is InChI=1S/C9H11ClFO2P/c10-7-5-6(1-2-8(7)11)9(13-14)3-4-12/h1-2,5,9,12H,3-4,14H2/t9-/m1/s1. The van der Waals surface area contributed by atoms with E-state index in [0.29, 0.717) is 6.42 Å². The molecule has 1 rings (SSSR count). The maximum absolute atomic E-state index is 12.8. The molecule has 0 bridgehead atoms. The van der Waals surface area contributed by atoms with Crippen molar-refractivity contribution in [1.29, 1.82) is 0 Å². The van der Waals surface area contributed by atoms with E-state index in [1.54, 1.807) is 6.07 Å². The average Bonchev–Trinajstić information content (AvgIpc) is 2.19. The summed E-state index contributed by atoms with van der Waals surface area (Å²) in [7, 11) is 2.12. The molecule has 1 aromatic rings. The van der Waals surface area contributed by atoms with Crippen molar-refractivity contribution in [3.8, 4) is 0 Å². The lowest BCUT2D eigenvalue weighted by Gasteiger charge is -2.14. The molecule has 0 spiro atoms. The molecule has 0 aromatic heterocycles. The minimum atomic E-state index is -0.457. The van der Waals surface area contributed by atoms with Crippen molar-refractivity contribution in [3.63, 3.8) is 0 Å². The minimum Gasteiger partial charge on any atom is -0.396 e. The lowest BCUT2D eigenvalue weighted by atomic mass is 10.1. The van der Waals surface area contributed by atoms with E-state index in [0.717, 1.165) is 5.56 Å². The Balaban J connectivity index is 2.88. The summed E-state index contributed by atoms with van der Waals surface area (Å²) >= 11 is 5.62. The van der Waals surface area contributed by atoms with Crippen LogP contribution in [0.5, 0.6) is 0 Å². The van der Waals surface area contributed by atoms with Gasteiger partial charge in [0.25, 0.3) is 0 Å². The summed E-state index contributed by atoms with van der Waals surface area (Å²) in [5.41, 5.74) is 0.750. The van der Waals surface area contributed by atoms with Crippen LogP contribution in [-0.2, 0) is 4.52 Å². The number of rotatable bonds is 4. The van der Waals surface area contributed by atoms with Crippen molar-refractivity contribution in [2.24, 2.45) is 0 Å². The summed E-state index contributed by atoms with van der Waals surface area (Å²) in [6.45, 7) is 0.00800. The van der Waals surface area contributed by atoms with Crippen LogP contribution in [0.25, 0.3) is 0 Å². The number of hydrogen-bond acceptors (Lipinski definition) is 2. The van der Waals surface area contributed by atoms with E-state index in [1.165, 1.54) is 12.1 Å². The van der Waals surface area contributed by atoms with Crippen LogP contribution in [0, 0.1) is 5.82 Å². The molecule has 78 valence electrons. The third kappa shape index (κ3) is 2.89. The Morgan fingerprint density at radius 2 is 2.29 bits per heavy atom. The summed E-state index contributed by atoms with van der Waals surface area (Å²) < 4.78 is 17.9. The average molecular weight is 237 g/mol. The summed E-state index contributed by atoms with van der Waals surface area (Å²) in [6.07, 6.45) is 0.175. The van der Waals surface area contributed by atoms with Crippen LogP contribution in [0.3, 0.4) is 0 Å². The van der Waals surface area contributed by atoms with Gasteiger partial charge in [-0.2, -0.15) is 0 Å². The zero-order chi connectivity index (χ0) is 10.6. The van der Waals surface area contributed by atoms with E-state index >= 15 is 0 Å². The highest BCUT2D eigenvalue weighted by Crippen LogP contribution is 2.26. The quantitative estimate of drug-likeness (QED) is 0.815. The fraction of sp³-hybridized carbons (Fsp3) is 0.333. The molecule has 0 aliphatic heterocycles. The van der Waals surface area contributed by atoms with Crippen molar-refractivity contribution in [2.75, 3.05) is 6.61 Å². The van der Waals surface area contributed by atoms with E-state index in [9.17, 15) is 4.39 Å². The molecule has 2 atom stereocenters. The van der Waals surface area contributed by atoms with E-state index in [4.69, 9.17) is 21.2 Å². The SMILES string of the molecule is OCC[C@@H](OP)c1ccc(F)c(Cl)c1. The Morgan fingerprint density at radius 1 is 1.57 bits per heavy atom. The first-order valence-corrected chi connectivity index (χ1v) is 4.95. The van der Waals surface area contributed by atoms with Crippen LogP contribution in [0.1, 0.15) is 18.1 Å². The monoisotopic (exact) mass is 236 g/mol. The molecule has 0 amide bonds. The molecule has 1 N–H and O–H groups in total. The van der Waals surface area contributed by atoms with Crippen molar-refractivity contribution >= 4 is 21.1 Å². The lowest BCUT2D eigenvalue weighted by molar-refractivity contribution is 0.178. The van der Waals surface area contributed by atoms with Crippen molar-refractivity contribution in [2.45, 2.75) is 12.5 Å². The van der Waals surface area contributed by atoms with Crippen LogP contribution in [-0.4, -0.2) is 11.7 Å². The van der Waals surface area contributed by atoms with Gasteiger partial charge < -0.3 is 9.63 Å². The second-order valence-electron chi connectivity index (χ2n) is 2.81. The molecule has 0 aliphatic rings. The molecule has 0 fully saturated rings. The Bertz CT molecular complexity index is 309. The van der Waals surface area contributed by atoms with Gasteiger partial charge in [-0.1, -0.05) is 17.7 Å². The molecule has 1 unspecified atom stereocenters. The molecular weight excluding hydrogens is 226 g/mol. The highest BCUT2D eigenvalue weighted by molar-refractivity contribution is 7.09. The molecule has 2 nitrogen and oxygen atoms in total. The highest BCUT2D eigenvalue weighted by atomic mass is 35.5. The molecule has 1 aromatic carbocycles. The molecule has 0 saturated carbocycles. The predicted octanol–water partition coefficient (Wildman–Crippen LogP) is 2.71.